The summed E-state index contributed by atoms with van der Waals surface area (Å²) in [6, 6.07) is 2.21. The second kappa shape index (κ2) is 5.84. The number of Topliss-reactive ketones (excluding diaryl/α,β-unsaturated/α-hetero) is 1. The van der Waals surface area contributed by atoms with E-state index in [9.17, 15) is 4.79 Å². The number of nitrogens with zero attached hydrogens (tertiary/aromatic N) is 4. The minimum Gasteiger partial charge on any atom is -0.300 e. The zero-order valence-corrected chi connectivity index (χ0v) is 15.5. The fraction of sp³-hybridized carbons (Fsp3) is 0.350. The summed E-state index contributed by atoms with van der Waals surface area (Å²) >= 11 is 4.53. The fourth-order valence-electron chi connectivity index (χ4n) is 4.51. The lowest BCUT2D eigenvalue weighted by Crippen LogP contribution is -2.25. The summed E-state index contributed by atoms with van der Waals surface area (Å²) in [4.78, 5) is 16.5. The van der Waals surface area contributed by atoms with Gasteiger partial charge in [0.2, 0.25) is 0 Å². The first-order chi connectivity index (χ1) is 12.6. The number of carbonyl (C=O) groups excluding carboxylic acids is 1. The molecule has 0 amide bonds. The Bertz CT molecular complexity index is 1060. The minimum absolute atomic E-state index is 0.396. The number of aromatic nitrogens is 4. The zero-order valence-electron chi connectivity index (χ0n) is 14.6. The molecule has 26 heavy (non-hydrogen) atoms. The van der Waals surface area contributed by atoms with Crippen molar-refractivity contribution in [1.82, 2.24) is 18.7 Å². The number of allylic oxidation sites excluding steroid dienone is 2. The van der Waals surface area contributed by atoms with Gasteiger partial charge in [0.25, 0.3) is 0 Å². The maximum atomic E-state index is 11.8. The summed E-state index contributed by atoms with van der Waals surface area (Å²) in [5.74, 6) is 1.30. The van der Waals surface area contributed by atoms with E-state index in [0.29, 0.717) is 24.0 Å². The van der Waals surface area contributed by atoms with Crippen molar-refractivity contribution in [2.45, 2.75) is 25.7 Å². The maximum absolute atomic E-state index is 11.8. The summed E-state index contributed by atoms with van der Waals surface area (Å²) in [6.07, 6.45) is 13.7. The molecule has 0 radical (unpaired) electrons. The number of carbonyl (C=O) groups is 1. The van der Waals surface area contributed by atoms with Crippen molar-refractivity contribution in [1.29, 1.82) is 0 Å². The van der Waals surface area contributed by atoms with Crippen molar-refractivity contribution in [3.8, 4) is 11.1 Å². The Morgan fingerprint density at radius 3 is 2.81 bits per heavy atom. The number of hydrogen-bond donors (Lipinski definition) is 1. The highest BCUT2D eigenvalue weighted by molar-refractivity contribution is 7.78. The van der Waals surface area contributed by atoms with E-state index in [4.69, 9.17) is 0 Å². The van der Waals surface area contributed by atoms with Crippen LogP contribution < -0.4 is 0 Å². The summed E-state index contributed by atoms with van der Waals surface area (Å²) in [6.45, 7) is 0. The van der Waals surface area contributed by atoms with Gasteiger partial charge in [-0.15, -0.1) is 0 Å². The summed E-state index contributed by atoms with van der Waals surface area (Å²) < 4.78 is 3.57. The van der Waals surface area contributed by atoms with Crippen LogP contribution in [0.25, 0.3) is 27.7 Å². The van der Waals surface area contributed by atoms with Crippen LogP contribution in [0.5, 0.6) is 0 Å². The number of ketones is 1. The first kappa shape index (κ1) is 15.9. The number of rotatable bonds is 2. The predicted octanol–water partition coefficient (Wildman–Crippen LogP) is 3.90. The van der Waals surface area contributed by atoms with Crippen LogP contribution in [0.2, 0.25) is 0 Å². The van der Waals surface area contributed by atoms with E-state index < -0.39 is 0 Å². The van der Waals surface area contributed by atoms with E-state index in [1.165, 1.54) is 5.57 Å². The van der Waals surface area contributed by atoms with E-state index in [2.05, 4.69) is 35.0 Å². The molecule has 6 heteroatoms. The molecule has 0 spiro atoms. The molecule has 5 rings (SSSR count). The highest BCUT2D eigenvalue weighted by atomic mass is 32.1. The largest absolute Gasteiger partial charge is 0.300 e. The van der Waals surface area contributed by atoms with Gasteiger partial charge in [-0.1, -0.05) is 18.9 Å². The van der Waals surface area contributed by atoms with Gasteiger partial charge in [-0.05, 0) is 41.9 Å². The lowest BCUT2D eigenvalue weighted by molar-refractivity contribution is -0.122. The molecule has 0 saturated heterocycles. The Morgan fingerprint density at radius 1 is 1.15 bits per heavy atom. The van der Waals surface area contributed by atoms with Gasteiger partial charge in [0.05, 0.1) is 6.20 Å². The van der Waals surface area contributed by atoms with E-state index in [0.717, 1.165) is 47.0 Å². The third-order valence-corrected chi connectivity index (χ3v) is 5.90. The minimum atomic E-state index is 0.396. The number of fused-ring (bicyclic) bond motifs is 3. The lowest BCUT2D eigenvalue weighted by atomic mass is 9.72. The van der Waals surface area contributed by atoms with Crippen LogP contribution in [-0.2, 0) is 11.8 Å². The average Bonchev–Trinajstić information content (AvgIpc) is 3.17. The molecule has 1 saturated carbocycles. The Hall–Kier alpha value is -2.34. The molecule has 0 aromatic carbocycles. The quantitative estimate of drug-likeness (QED) is 0.702. The van der Waals surface area contributed by atoms with Crippen molar-refractivity contribution in [2.75, 3.05) is 0 Å². The molecule has 1 fully saturated rings. The molecule has 3 aromatic heterocycles. The van der Waals surface area contributed by atoms with Gasteiger partial charge in [0.15, 0.2) is 0 Å². The highest BCUT2D eigenvalue weighted by Gasteiger charge is 2.31. The third kappa shape index (κ3) is 2.60. The molecule has 2 aliphatic carbocycles. The molecule has 3 heterocycles. The maximum Gasteiger partial charge on any atom is 0.150 e. The predicted molar refractivity (Wildman–Crippen MR) is 105 cm³/mol. The second-order valence-electron chi connectivity index (χ2n) is 7.59. The summed E-state index contributed by atoms with van der Waals surface area (Å²) in [7, 11) is 1.92. The molecule has 0 aliphatic heterocycles. The molecular formula is C20H20N4OS. The van der Waals surface area contributed by atoms with Crippen LogP contribution in [0.1, 0.15) is 31.2 Å². The Kier molecular flexibility index (Phi) is 3.57. The van der Waals surface area contributed by atoms with Gasteiger partial charge >= 0.3 is 0 Å². The smallest absolute Gasteiger partial charge is 0.150 e. The molecule has 5 nitrogen and oxygen atoms in total. The van der Waals surface area contributed by atoms with E-state index in [1.807, 2.05) is 31.8 Å². The molecule has 132 valence electrons. The first-order valence-electron chi connectivity index (χ1n) is 8.99. The van der Waals surface area contributed by atoms with Crippen molar-refractivity contribution in [3.63, 3.8) is 0 Å². The SMILES string of the molecule is Cn1cc(-c2cn(S)c3ncc(C4=CC5CC(=O)CC(C4)C5)cc23)cn1. The van der Waals surface area contributed by atoms with Crippen LogP contribution in [0.4, 0.5) is 0 Å². The van der Waals surface area contributed by atoms with Gasteiger partial charge in [0, 0.05) is 55.0 Å². The van der Waals surface area contributed by atoms with E-state index in [-0.39, 0.29) is 0 Å². The Balaban J connectivity index is 1.61. The standard InChI is InChI=1S/C20H20N4OS/c1-23-10-16(9-22-23)19-11-24(26)20-18(19)7-15(8-21-20)14-3-12-2-13(4-14)6-17(25)5-12/h3,7-13,26H,2,4-6H2,1H3. The van der Waals surface area contributed by atoms with E-state index in [1.54, 1.807) is 8.65 Å². The zero-order chi connectivity index (χ0) is 17.8. The van der Waals surface area contributed by atoms with Crippen LogP contribution in [0.3, 0.4) is 0 Å². The molecule has 3 aromatic rings. The van der Waals surface area contributed by atoms with E-state index >= 15 is 0 Å². The van der Waals surface area contributed by atoms with Gasteiger partial charge in [-0.2, -0.15) is 5.10 Å². The second-order valence-corrected chi connectivity index (χ2v) is 8.02. The van der Waals surface area contributed by atoms with Crippen molar-refractivity contribution in [2.24, 2.45) is 18.9 Å². The van der Waals surface area contributed by atoms with Crippen LogP contribution >= 0.6 is 12.8 Å². The topological polar surface area (TPSA) is 52.7 Å². The Labute approximate surface area is 157 Å². The van der Waals surface area contributed by atoms with Gasteiger partial charge in [0.1, 0.15) is 11.4 Å². The van der Waals surface area contributed by atoms with Gasteiger partial charge in [-0.25, -0.2) is 4.98 Å². The summed E-state index contributed by atoms with van der Waals surface area (Å²) in [5, 5.41) is 5.37. The Morgan fingerprint density at radius 2 is 2.04 bits per heavy atom. The number of pyridine rings is 1. The van der Waals surface area contributed by atoms with Crippen molar-refractivity contribution >= 4 is 35.2 Å². The van der Waals surface area contributed by atoms with Crippen molar-refractivity contribution in [3.05, 3.63) is 42.5 Å². The first-order valence-corrected chi connectivity index (χ1v) is 9.39. The fourth-order valence-corrected chi connectivity index (χ4v) is 4.78. The normalized spacial score (nSPS) is 22.7. The molecule has 2 bridgehead atoms. The monoisotopic (exact) mass is 364 g/mol. The lowest BCUT2D eigenvalue weighted by Gasteiger charge is -2.32. The van der Waals surface area contributed by atoms with Crippen LogP contribution in [0, 0.1) is 11.8 Å². The highest BCUT2D eigenvalue weighted by Crippen LogP contribution is 2.41. The molecule has 2 atom stereocenters. The molecule has 0 N–H and O–H groups in total. The third-order valence-electron chi connectivity index (χ3n) is 5.60. The van der Waals surface area contributed by atoms with Crippen LogP contribution in [0.15, 0.2) is 36.9 Å². The molecule has 2 aliphatic rings. The van der Waals surface area contributed by atoms with Crippen LogP contribution in [-0.4, -0.2) is 24.5 Å². The number of aryl methyl sites for hydroxylation is 1. The number of hydrogen-bond acceptors (Lipinski definition) is 4. The summed E-state index contributed by atoms with van der Waals surface area (Å²) in [5.41, 5.74) is 5.49. The molecular weight excluding hydrogens is 344 g/mol. The van der Waals surface area contributed by atoms with Gasteiger partial charge < -0.3 is 0 Å². The molecule has 2 unspecified atom stereocenters. The number of thiol groups is 1. The van der Waals surface area contributed by atoms with Gasteiger partial charge in [-0.3, -0.25) is 13.4 Å². The average molecular weight is 364 g/mol. The van der Waals surface area contributed by atoms with Crippen molar-refractivity contribution < 1.29 is 4.79 Å².